The molecule has 1 spiro atoms. The van der Waals surface area contributed by atoms with E-state index in [0.717, 1.165) is 0 Å². The zero-order valence-electron chi connectivity index (χ0n) is 14.8. The molecule has 140 valence electrons. The lowest BCUT2D eigenvalue weighted by molar-refractivity contribution is -0.133. The van der Waals surface area contributed by atoms with Gasteiger partial charge in [-0.1, -0.05) is 24.3 Å². The highest BCUT2D eigenvalue weighted by Crippen LogP contribution is 2.41. The molecule has 1 fully saturated rings. The van der Waals surface area contributed by atoms with Crippen molar-refractivity contribution in [2.45, 2.75) is 18.5 Å². The molecule has 3 heterocycles. The summed E-state index contributed by atoms with van der Waals surface area (Å²) < 4.78 is 19.7. The second kappa shape index (κ2) is 6.02. The lowest BCUT2D eigenvalue weighted by Crippen LogP contribution is -2.47. The number of carbonyl (C=O) groups is 2. The smallest absolute Gasteiger partial charge is 0.325 e. The van der Waals surface area contributed by atoms with Crippen molar-refractivity contribution in [1.82, 2.24) is 15.2 Å². The number of urea groups is 1. The van der Waals surface area contributed by atoms with Crippen molar-refractivity contribution in [2.24, 2.45) is 0 Å². The van der Waals surface area contributed by atoms with E-state index in [1.165, 1.54) is 11.0 Å². The SMILES string of the molecule is O=C1N[C@]2(CCOc3ccccc32)C(=O)N1Cc1ccc(F)c2cccnc12. The number of hydrogen-bond donors (Lipinski definition) is 1. The number of nitrogens with zero attached hydrogens (tertiary/aromatic N) is 2. The quantitative estimate of drug-likeness (QED) is 0.697. The summed E-state index contributed by atoms with van der Waals surface area (Å²) in [7, 11) is 0. The summed E-state index contributed by atoms with van der Waals surface area (Å²) in [5, 5.41) is 3.23. The Balaban J connectivity index is 1.55. The predicted octanol–water partition coefficient (Wildman–Crippen LogP) is 3.10. The Morgan fingerprint density at radius 1 is 1.14 bits per heavy atom. The molecule has 0 unspecified atom stereocenters. The number of imide groups is 1. The first-order valence-electron chi connectivity index (χ1n) is 8.99. The van der Waals surface area contributed by atoms with Crippen LogP contribution in [0.4, 0.5) is 9.18 Å². The van der Waals surface area contributed by atoms with Crippen LogP contribution in [0.1, 0.15) is 17.5 Å². The summed E-state index contributed by atoms with van der Waals surface area (Å²) in [6.07, 6.45) is 1.92. The third kappa shape index (κ3) is 2.29. The molecule has 1 atom stereocenters. The van der Waals surface area contributed by atoms with Crippen LogP contribution in [0.15, 0.2) is 54.7 Å². The number of halogens is 1. The van der Waals surface area contributed by atoms with Crippen LogP contribution in [-0.2, 0) is 16.9 Å². The number of pyridine rings is 1. The van der Waals surface area contributed by atoms with Gasteiger partial charge in [-0.3, -0.25) is 14.7 Å². The third-order valence-electron chi connectivity index (χ3n) is 5.39. The van der Waals surface area contributed by atoms with Crippen LogP contribution in [-0.4, -0.2) is 28.4 Å². The van der Waals surface area contributed by atoms with Crippen LogP contribution in [0.3, 0.4) is 0 Å². The van der Waals surface area contributed by atoms with Gasteiger partial charge in [-0.05, 0) is 29.8 Å². The highest BCUT2D eigenvalue weighted by atomic mass is 19.1. The van der Waals surface area contributed by atoms with Gasteiger partial charge in [0.15, 0.2) is 5.54 Å². The molecule has 3 aromatic rings. The predicted molar refractivity (Wildman–Crippen MR) is 99.0 cm³/mol. The number of aromatic nitrogens is 1. The Kier molecular flexibility index (Phi) is 3.58. The van der Waals surface area contributed by atoms with Gasteiger partial charge >= 0.3 is 6.03 Å². The number of benzene rings is 2. The molecule has 0 bridgehead atoms. The minimum absolute atomic E-state index is 0.0171. The van der Waals surface area contributed by atoms with Crippen molar-refractivity contribution >= 4 is 22.8 Å². The zero-order valence-corrected chi connectivity index (χ0v) is 14.8. The maximum Gasteiger partial charge on any atom is 0.325 e. The first-order chi connectivity index (χ1) is 13.6. The van der Waals surface area contributed by atoms with Gasteiger partial charge in [0.05, 0.1) is 18.7 Å². The highest BCUT2D eigenvalue weighted by Gasteiger charge is 2.54. The molecule has 3 amide bonds. The van der Waals surface area contributed by atoms with Gasteiger partial charge in [0.25, 0.3) is 5.91 Å². The largest absolute Gasteiger partial charge is 0.493 e. The van der Waals surface area contributed by atoms with E-state index >= 15 is 0 Å². The lowest BCUT2D eigenvalue weighted by atomic mass is 9.84. The summed E-state index contributed by atoms with van der Waals surface area (Å²) >= 11 is 0. The number of hydrogen-bond acceptors (Lipinski definition) is 4. The Morgan fingerprint density at radius 3 is 2.89 bits per heavy atom. The van der Waals surface area contributed by atoms with E-state index in [4.69, 9.17) is 4.74 Å². The van der Waals surface area contributed by atoms with Gasteiger partial charge in [-0.25, -0.2) is 9.18 Å². The maximum absolute atomic E-state index is 14.1. The van der Waals surface area contributed by atoms with E-state index in [0.29, 0.717) is 40.8 Å². The van der Waals surface area contributed by atoms with Gasteiger partial charge in [-0.2, -0.15) is 0 Å². The molecule has 1 saturated heterocycles. The van der Waals surface area contributed by atoms with Gasteiger partial charge in [-0.15, -0.1) is 0 Å². The third-order valence-corrected chi connectivity index (χ3v) is 5.39. The van der Waals surface area contributed by atoms with Gasteiger partial charge in [0.1, 0.15) is 11.6 Å². The summed E-state index contributed by atoms with van der Waals surface area (Å²) in [5.74, 6) is -0.126. The number of rotatable bonds is 2. The minimum Gasteiger partial charge on any atom is -0.493 e. The molecular formula is C21H16FN3O3. The molecular weight excluding hydrogens is 361 g/mol. The first kappa shape index (κ1) is 16.7. The Labute approximate surface area is 159 Å². The Morgan fingerprint density at radius 2 is 2.00 bits per heavy atom. The molecule has 28 heavy (non-hydrogen) atoms. The summed E-state index contributed by atoms with van der Waals surface area (Å²) in [6, 6.07) is 12.9. The minimum atomic E-state index is -1.13. The van der Waals surface area contributed by atoms with E-state index in [1.54, 1.807) is 36.5 Å². The zero-order chi connectivity index (χ0) is 19.3. The van der Waals surface area contributed by atoms with E-state index in [-0.39, 0.29) is 18.3 Å². The molecule has 5 rings (SSSR count). The lowest BCUT2D eigenvalue weighted by Gasteiger charge is -2.33. The second-order valence-electron chi connectivity index (χ2n) is 6.93. The fraction of sp³-hybridized carbons (Fsp3) is 0.190. The van der Waals surface area contributed by atoms with E-state index in [2.05, 4.69) is 10.3 Å². The Bertz CT molecular complexity index is 1130. The van der Waals surface area contributed by atoms with Crippen LogP contribution >= 0.6 is 0 Å². The van der Waals surface area contributed by atoms with Crippen molar-refractivity contribution in [3.8, 4) is 5.75 Å². The monoisotopic (exact) mass is 377 g/mol. The fourth-order valence-corrected chi connectivity index (χ4v) is 4.01. The molecule has 2 aromatic carbocycles. The topological polar surface area (TPSA) is 71.5 Å². The molecule has 2 aliphatic heterocycles. The molecule has 0 saturated carbocycles. The van der Waals surface area contributed by atoms with Crippen LogP contribution in [0.2, 0.25) is 0 Å². The van der Waals surface area contributed by atoms with E-state index in [1.807, 2.05) is 12.1 Å². The van der Waals surface area contributed by atoms with Crippen molar-refractivity contribution in [3.63, 3.8) is 0 Å². The number of fused-ring (bicyclic) bond motifs is 3. The van der Waals surface area contributed by atoms with Gasteiger partial charge in [0, 0.05) is 23.6 Å². The average Bonchev–Trinajstić information content (AvgIpc) is 2.95. The number of carbonyl (C=O) groups excluding carboxylic acids is 2. The molecule has 2 aliphatic rings. The van der Waals surface area contributed by atoms with Crippen LogP contribution in [0, 0.1) is 5.82 Å². The summed E-state index contributed by atoms with van der Waals surface area (Å²) in [5.41, 5.74) is 0.577. The number of ether oxygens (including phenoxy) is 1. The van der Waals surface area contributed by atoms with Crippen molar-refractivity contribution in [3.05, 3.63) is 71.7 Å². The molecule has 1 N–H and O–H groups in total. The number of para-hydroxylation sites is 1. The van der Waals surface area contributed by atoms with E-state index < -0.39 is 11.6 Å². The average molecular weight is 377 g/mol. The first-order valence-corrected chi connectivity index (χ1v) is 8.99. The van der Waals surface area contributed by atoms with Crippen molar-refractivity contribution in [1.29, 1.82) is 0 Å². The van der Waals surface area contributed by atoms with E-state index in [9.17, 15) is 14.0 Å². The van der Waals surface area contributed by atoms with Gasteiger partial charge < -0.3 is 10.1 Å². The fourth-order valence-electron chi connectivity index (χ4n) is 4.01. The van der Waals surface area contributed by atoms with Crippen LogP contribution < -0.4 is 10.1 Å². The summed E-state index contributed by atoms with van der Waals surface area (Å²) in [6.45, 7) is 0.348. The van der Waals surface area contributed by atoms with Gasteiger partial charge in [0.2, 0.25) is 0 Å². The molecule has 0 radical (unpaired) electrons. The van der Waals surface area contributed by atoms with Crippen LogP contribution in [0.25, 0.3) is 10.9 Å². The molecule has 6 nitrogen and oxygen atoms in total. The van der Waals surface area contributed by atoms with Crippen molar-refractivity contribution in [2.75, 3.05) is 6.61 Å². The number of amides is 3. The number of nitrogens with one attached hydrogen (secondary N) is 1. The van der Waals surface area contributed by atoms with Crippen LogP contribution in [0.5, 0.6) is 5.75 Å². The maximum atomic E-state index is 14.1. The summed E-state index contributed by atoms with van der Waals surface area (Å²) in [4.78, 5) is 31.5. The van der Waals surface area contributed by atoms with Crippen molar-refractivity contribution < 1.29 is 18.7 Å². The highest BCUT2D eigenvalue weighted by molar-refractivity contribution is 6.08. The normalized spacial score (nSPS) is 21.0. The Hall–Kier alpha value is -3.48. The standard InChI is InChI=1S/C21H16FN3O3/c22-16-8-7-13(18-14(16)4-3-10-23-18)12-25-19(26)21(24-20(25)27)9-11-28-17-6-2-1-5-15(17)21/h1-8,10H,9,11-12H2,(H,24,27)/t21-/m0/s1. The molecule has 0 aliphatic carbocycles. The second-order valence-corrected chi connectivity index (χ2v) is 6.93. The molecule has 7 heteroatoms. The molecule has 1 aromatic heterocycles.